The number of rotatable bonds is 1. The zero-order valence-electron chi connectivity index (χ0n) is 6.41. The highest BCUT2D eigenvalue weighted by Crippen LogP contribution is 2.20. The summed E-state index contributed by atoms with van der Waals surface area (Å²) in [7, 11) is 0. The van der Waals surface area contributed by atoms with Gasteiger partial charge >= 0.3 is 0 Å². The second-order valence-corrected chi connectivity index (χ2v) is 3.49. The fraction of sp³-hybridized carbons (Fsp3) is 0. The Labute approximate surface area is 75.9 Å². The van der Waals surface area contributed by atoms with Gasteiger partial charge < -0.3 is 9.54 Å². The third-order valence-electron chi connectivity index (χ3n) is 1.79. The summed E-state index contributed by atoms with van der Waals surface area (Å²) in [6.07, 6.45) is 1.34. The molecule has 2 rings (SSSR count). The summed E-state index contributed by atoms with van der Waals surface area (Å²) in [5.74, 6) is -0.391. The minimum Gasteiger partial charge on any atom is -0.768 e. The predicted molar refractivity (Wildman–Crippen MR) is 45.4 cm³/mol. The molecule has 0 aliphatic heterocycles. The molecule has 5 heteroatoms. The van der Waals surface area contributed by atoms with Crippen LogP contribution in [0.3, 0.4) is 0 Å². The summed E-state index contributed by atoms with van der Waals surface area (Å²) >= 11 is -2.28. The molecule has 0 aliphatic rings. The lowest BCUT2D eigenvalue weighted by atomic mass is 10.2. The van der Waals surface area contributed by atoms with Crippen LogP contribution in [0.4, 0.5) is 4.39 Å². The summed E-state index contributed by atoms with van der Waals surface area (Å²) in [5.41, 5.74) is 0.485. The Morgan fingerprint density at radius 2 is 2.23 bits per heavy atom. The van der Waals surface area contributed by atoms with Crippen molar-refractivity contribution in [1.29, 1.82) is 0 Å². The molecule has 0 saturated heterocycles. The number of fused-ring (bicyclic) bond motifs is 1. The molecule has 1 atom stereocenters. The molecule has 1 N–H and O–H groups in total. The second kappa shape index (κ2) is 2.93. The Kier molecular flexibility index (Phi) is 1.90. The predicted octanol–water partition coefficient (Wildman–Crippen LogP) is 1.55. The maximum absolute atomic E-state index is 12.7. The van der Waals surface area contributed by atoms with E-state index in [0.717, 1.165) is 0 Å². The normalized spacial score (nSPS) is 13.4. The number of H-pyrrole nitrogens is 1. The van der Waals surface area contributed by atoms with Crippen molar-refractivity contribution in [3.8, 4) is 0 Å². The van der Waals surface area contributed by atoms with E-state index in [1.165, 1.54) is 24.4 Å². The molecule has 1 aromatic heterocycles. The van der Waals surface area contributed by atoms with Gasteiger partial charge in [-0.15, -0.1) is 0 Å². The van der Waals surface area contributed by atoms with Crippen molar-refractivity contribution in [3.63, 3.8) is 0 Å². The van der Waals surface area contributed by atoms with Gasteiger partial charge in [0.2, 0.25) is 0 Å². The van der Waals surface area contributed by atoms with Crippen LogP contribution in [0.15, 0.2) is 29.3 Å². The highest BCUT2D eigenvalue weighted by Gasteiger charge is 2.03. The molecule has 0 saturated carbocycles. The molecular formula is C8H5FNO2S-. The van der Waals surface area contributed by atoms with Crippen molar-refractivity contribution in [2.24, 2.45) is 0 Å². The van der Waals surface area contributed by atoms with Crippen LogP contribution in [0.2, 0.25) is 0 Å². The van der Waals surface area contributed by atoms with Gasteiger partial charge in [0.05, 0.1) is 4.90 Å². The van der Waals surface area contributed by atoms with Crippen LogP contribution in [0, 0.1) is 5.82 Å². The van der Waals surface area contributed by atoms with E-state index < -0.39 is 16.9 Å². The molecule has 0 radical (unpaired) electrons. The van der Waals surface area contributed by atoms with Crippen LogP contribution >= 0.6 is 0 Å². The first-order valence-corrected chi connectivity index (χ1v) is 4.62. The van der Waals surface area contributed by atoms with E-state index in [2.05, 4.69) is 4.98 Å². The maximum atomic E-state index is 12.7. The van der Waals surface area contributed by atoms with Gasteiger partial charge in [0.1, 0.15) is 5.82 Å². The smallest absolute Gasteiger partial charge is 0.125 e. The topological polar surface area (TPSA) is 55.9 Å². The van der Waals surface area contributed by atoms with E-state index in [9.17, 15) is 13.2 Å². The van der Waals surface area contributed by atoms with Gasteiger partial charge in [-0.3, -0.25) is 4.21 Å². The Morgan fingerprint density at radius 1 is 1.46 bits per heavy atom. The highest BCUT2D eigenvalue weighted by molar-refractivity contribution is 7.79. The molecule has 0 bridgehead atoms. The van der Waals surface area contributed by atoms with Crippen LogP contribution in [-0.4, -0.2) is 13.7 Å². The average molecular weight is 198 g/mol. The molecule has 0 aliphatic carbocycles. The number of nitrogens with one attached hydrogen (secondary N) is 1. The van der Waals surface area contributed by atoms with Crippen molar-refractivity contribution < 1.29 is 13.2 Å². The summed E-state index contributed by atoms with van der Waals surface area (Å²) < 4.78 is 34.0. The van der Waals surface area contributed by atoms with Gasteiger partial charge in [-0.2, -0.15) is 0 Å². The summed E-state index contributed by atoms with van der Waals surface area (Å²) in [4.78, 5) is 2.84. The van der Waals surface area contributed by atoms with Gasteiger partial charge in [0.25, 0.3) is 0 Å². The van der Waals surface area contributed by atoms with E-state index in [0.29, 0.717) is 10.9 Å². The monoisotopic (exact) mass is 198 g/mol. The van der Waals surface area contributed by atoms with Crippen molar-refractivity contribution >= 4 is 22.0 Å². The summed E-state index contributed by atoms with van der Waals surface area (Å²) in [6.45, 7) is 0. The van der Waals surface area contributed by atoms with E-state index in [-0.39, 0.29) is 4.90 Å². The molecule has 0 fully saturated rings. The number of hydrogen-bond acceptors (Lipinski definition) is 2. The van der Waals surface area contributed by atoms with Crippen LogP contribution < -0.4 is 0 Å². The molecule has 2 aromatic rings. The molecule has 68 valence electrons. The maximum Gasteiger partial charge on any atom is 0.125 e. The molecule has 1 heterocycles. The van der Waals surface area contributed by atoms with Crippen LogP contribution in [-0.2, 0) is 11.1 Å². The van der Waals surface area contributed by atoms with Crippen molar-refractivity contribution in [3.05, 3.63) is 30.2 Å². The Hall–Kier alpha value is -1.20. The second-order valence-electron chi connectivity index (χ2n) is 2.58. The number of aromatic amines is 1. The largest absolute Gasteiger partial charge is 0.768 e. The molecule has 1 aromatic carbocycles. The molecule has 3 nitrogen and oxygen atoms in total. The number of halogens is 1. The number of hydrogen-bond donors (Lipinski definition) is 1. The Bertz CT molecular complexity index is 480. The minimum atomic E-state index is -2.28. The third kappa shape index (κ3) is 1.36. The van der Waals surface area contributed by atoms with E-state index in [1.54, 1.807) is 0 Å². The first kappa shape index (κ1) is 8.40. The van der Waals surface area contributed by atoms with E-state index in [4.69, 9.17) is 0 Å². The fourth-order valence-electron chi connectivity index (χ4n) is 1.21. The Morgan fingerprint density at radius 3 is 2.92 bits per heavy atom. The van der Waals surface area contributed by atoms with Gasteiger partial charge in [0.15, 0.2) is 0 Å². The third-order valence-corrected chi connectivity index (χ3v) is 2.48. The van der Waals surface area contributed by atoms with Gasteiger partial charge in [-0.1, -0.05) is 0 Å². The first-order valence-electron chi connectivity index (χ1n) is 3.54. The lowest BCUT2D eigenvalue weighted by Gasteiger charge is -2.01. The highest BCUT2D eigenvalue weighted by atomic mass is 32.2. The Balaban J connectivity index is 2.76. The number of benzene rings is 1. The molecular weight excluding hydrogens is 193 g/mol. The molecule has 1 unspecified atom stereocenters. The van der Waals surface area contributed by atoms with Crippen LogP contribution in [0.1, 0.15) is 0 Å². The van der Waals surface area contributed by atoms with Gasteiger partial charge in [0, 0.05) is 17.1 Å². The lowest BCUT2D eigenvalue weighted by molar-refractivity contribution is 0.538. The van der Waals surface area contributed by atoms with Crippen molar-refractivity contribution in [1.82, 2.24) is 4.98 Å². The summed E-state index contributed by atoms with van der Waals surface area (Å²) in [5, 5.41) is 0.509. The minimum absolute atomic E-state index is 0.162. The molecule has 0 amide bonds. The van der Waals surface area contributed by atoms with Crippen LogP contribution in [0.5, 0.6) is 0 Å². The zero-order chi connectivity index (χ0) is 9.42. The van der Waals surface area contributed by atoms with Gasteiger partial charge in [-0.25, -0.2) is 4.39 Å². The zero-order valence-corrected chi connectivity index (χ0v) is 7.23. The van der Waals surface area contributed by atoms with Gasteiger partial charge in [-0.05, 0) is 29.3 Å². The molecule has 13 heavy (non-hydrogen) atoms. The fourth-order valence-corrected chi connectivity index (χ4v) is 1.72. The van der Waals surface area contributed by atoms with E-state index in [1.807, 2.05) is 0 Å². The average Bonchev–Trinajstić information content (AvgIpc) is 2.46. The lowest BCUT2D eigenvalue weighted by Crippen LogP contribution is -1.85. The standard InChI is InChI=1S/C8H6FNO2S/c9-5-1-2-6-7(3-5)10-4-8(6)13(11)12/h1-4,10H,(H,11,12)/p-1. The van der Waals surface area contributed by atoms with Crippen LogP contribution in [0.25, 0.3) is 10.9 Å². The molecule has 0 spiro atoms. The van der Waals surface area contributed by atoms with E-state index >= 15 is 0 Å². The van der Waals surface area contributed by atoms with Crippen molar-refractivity contribution in [2.45, 2.75) is 4.90 Å². The summed E-state index contributed by atoms with van der Waals surface area (Å²) in [6, 6.07) is 3.92. The van der Waals surface area contributed by atoms with Crippen molar-refractivity contribution in [2.75, 3.05) is 0 Å². The SMILES string of the molecule is O=S([O-])c1c[nH]c2cc(F)ccc12. The quantitative estimate of drug-likeness (QED) is 0.706. The number of aromatic nitrogens is 1. The first-order chi connectivity index (χ1) is 6.18.